The monoisotopic (exact) mass is 248 g/mol. The summed E-state index contributed by atoms with van der Waals surface area (Å²) in [6, 6.07) is 8.60. The van der Waals surface area contributed by atoms with Crippen LogP contribution in [0.2, 0.25) is 0 Å². The minimum atomic E-state index is -0.734. The molecule has 2 rings (SSSR count). The van der Waals surface area contributed by atoms with E-state index in [2.05, 4.69) is 36.1 Å². The Hall–Kier alpha value is -1.39. The van der Waals surface area contributed by atoms with Gasteiger partial charge in [0.25, 0.3) is 0 Å². The standard InChI is InChI=1S/C14H20N2O2/c1-12-2-4-13(5-3-12)10-15-6-8-16(9-7-15)11-14(17)18/h2-5H,6-11H2,1H3,(H,17,18). The summed E-state index contributed by atoms with van der Waals surface area (Å²) >= 11 is 0. The van der Waals surface area contributed by atoms with Crippen LogP contribution in [0.1, 0.15) is 11.1 Å². The first-order valence-electron chi connectivity index (χ1n) is 6.35. The molecule has 0 radical (unpaired) electrons. The molecule has 4 nitrogen and oxygen atoms in total. The SMILES string of the molecule is Cc1ccc(CN2CCN(CC(=O)O)CC2)cc1. The molecule has 0 unspecified atom stereocenters. The molecule has 1 heterocycles. The molecule has 0 aliphatic carbocycles. The van der Waals surface area contributed by atoms with Crippen molar-refractivity contribution in [2.24, 2.45) is 0 Å². The molecule has 0 bridgehead atoms. The first-order valence-corrected chi connectivity index (χ1v) is 6.35. The molecule has 1 aliphatic heterocycles. The number of hydrogen-bond donors (Lipinski definition) is 1. The second-order valence-corrected chi connectivity index (χ2v) is 4.93. The maximum Gasteiger partial charge on any atom is 0.317 e. The van der Waals surface area contributed by atoms with Crippen LogP contribution in [0.25, 0.3) is 0 Å². The third-order valence-electron chi connectivity index (χ3n) is 3.35. The topological polar surface area (TPSA) is 43.8 Å². The lowest BCUT2D eigenvalue weighted by molar-refractivity contribution is -0.138. The van der Waals surface area contributed by atoms with Gasteiger partial charge in [-0.3, -0.25) is 14.6 Å². The Bertz CT molecular complexity index is 395. The number of piperazine rings is 1. The molecule has 0 aromatic heterocycles. The van der Waals surface area contributed by atoms with Crippen LogP contribution in [-0.4, -0.2) is 53.6 Å². The predicted octanol–water partition coefficient (Wildman–Crippen LogP) is 1.20. The van der Waals surface area contributed by atoms with Gasteiger partial charge in [-0.15, -0.1) is 0 Å². The van der Waals surface area contributed by atoms with Gasteiger partial charge in [-0.25, -0.2) is 0 Å². The molecule has 0 amide bonds. The summed E-state index contributed by atoms with van der Waals surface area (Å²) < 4.78 is 0. The van der Waals surface area contributed by atoms with Crippen molar-refractivity contribution in [1.82, 2.24) is 9.80 Å². The van der Waals surface area contributed by atoms with Crippen LogP contribution < -0.4 is 0 Å². The Morgan fingerprint density at radius 3 is 2.22 bits per heavy atom. The van der Waals surface area contributed by atoms with Gasteiger partial charge in [0.2, 0.25) is 0 Å². The number of aliphatic carboxylic acids is 1. The highest BCUT2D eigenvalue weighted by Gasteiger charge is 2.18. The number of aryl methyl sites for hydroxylation is 1. The highest BCUT2D eigenvalue weighted by Crippen LogP contribution is 2.09. The molecule has 1 saturated heterocycles. The fraction of sp³-hybridized carbons (Fsp3) is 0.500. The van der Waals surface area contributed by atoms with Crippen LogP contribution in [0, 0.1) is 6.92 Å². The molecule has 0 atom stereocenters. The number of carboxylic acids is 1. The lowest BCUT2D eigenvalue weighted by Gasteiger charge is -2.33. The van der Waals surface area contributed by atoms with Gasteiger partial charge in [0.1, 0.15) is 0 Å². The van der Waals surface area contributed by atoms with E-state index in [-0.39, 0.29) is 6.54 Å². The van der Waals surface area contributed by atoms with Gasteiger partial charge < -0.3 is 5.11 Å². The minimum absolute atomic E-state index is 0.165. The normalized spacial score (nSPS) is 17.8. The third kappa shape index (κ3) is 3.82. The smallest absolute Gasteiger partial charge is 0.317 e. The van der Waals surface area contributed by atoms with Crippen LogP contribution in [0.3, 0.4) is 0 Å². The number of rotatable bonds is 4. The molecular formula is C14H20N2O2. The molecule has 18 heavy (non-hydrogen) atoms. The van der Waals surface area contributed by atoms with Crippen molar-refractivity contribution in [2.75, 3.05) is 32.7 Å². The number of nitrogens with zero attached hydrogens (tertiary/aromatic N) is 2. The second-order valence-electron chi connectivity index (χ2n) is 4.93. The van der Waals surface area contributed by atoms with E-state index in [4.69, 9.17) is 5.11 Å². The van der Waals surface area contributed by atoms with Crippen molar-refractivity contribution in [1.29, 1.82) is 0 Å². The van der Waals surface area contributed by atoms with E-state index in [1.165, 1.54) is 11.1 Å². The van der Waals surface area contributed by atoms with Gasteiger partial charge in [0.05, 0.1) is 6.54 Å². The average molecular weight is 248 g/mol. The van der Waals surface area contributed by atoms with E-state index in [0.717, 1.165) is 32.7 Å². The lowest BCUT2D eigenvalue weighted by Crippen LogP contribution is -2.47. The quantitative estimate of drug-likeness (QED) is 0.869. The van der Waals surface area contributed by atoms with E-state index in [1.807, 2.05) is 4.90 Å². The molecule has 1 aromatic rings. The van der Waals surface area contributed by atoms with Gasteiger partial charge in [0.15, 0.2) is 0 Å². The third-order valence-corrected chi connectivity index (χ3v) is 3.35. The largest absolute Gasteiger partial charge is 0.480 e. The van der Waals surface area contributed by atoms with Crippen molar-refractivity contribution < 1.29 is 9.90 Å². The summed E-state index contributed by atoms with van der Waals surface area (Å²) in [5.74, 6) is -0.734. The Morgan fingerprint density at radius 2 is 1.67 bits per heavy atom. The molecule has 98 valence electrons. The Balaban J connectivity index is 1.79. The highest BCUT2D eigenvalue weighted by molar-refractivity contribution is 5.69. The molecule has 4 heteroatoms. The van der Waals surface area contributed by atoms with E-state index in [9.17, 15) is 4.79 Å². The van der Waals surface area contributed by atoms with Crippen LogP contribution in [0.5, 0.6) is 0 Å². The zero-order valence-electron chi connectivity index (χ0n) is 10.8. The summed E-state index contributed by atoms with van der Waals surface area (Å²) in [5.41, 5.74) is 2.61. The van der Waals surface area contributed by atoms with Crippen LogP contribution >= 0.6 is 0 Å². The molecule has 0 saturated carbocycles. The molecule has 1 aliphatic rings. The van der Waals surface area contributed by atoms with Crippen molar-refractivity contribution in [3.05, 3.63) is 35.4 Å². The summed E-state index contributed by atoms with van der Waals surface area (Å²) in [4.78, 5) is 15.0. The zero-order valence-corrected chi connectivity index (χ0v) is 10.8. The fourth-order valence-electron chi connectivity index (χ4n) is 2.25. The lowest BCUT2D eigenvalue weighted by atomic mass is 10.1. The predicted molar refractivity (Wildman–Crippen MR) is 70.5 cm³/mol. The molecule has 1 N–H and O–H groups in total. The number of carbonyl (C=O) groups is 1. The molecule has 0 spiro atoms. The maximum absolute atomic E-state index is 10.6. The van der Waals surface area contributed by atoms with Crippen LogP contribution in [0.15, 0.2) is 24.3 Å². The van der Waals surface area contributed by atoms with Crippen molar-refractivity contribution in [3.8, 4) is 0 Å². The van der Waals surface area contributed by atoms with Crippen molar-refractivity contribution in [3.63, 3.8) is 0 Å². The zero-order chi connectivity index (χ0) is 13.0. The molecule has 1 aromatic carbocycles. The first-order chi connectivity index (χ1) is 8.63. The number of benzene rings is 1. The summed E-state index contributed by atoms with van der Waals surface area (Å²) in [6.07, 6.45) is 0. The van der Waals surface area contributed by atoms with Crippen LogP contribution in [0.4, 0.5) is 0 Å². The maximum atomic E-state index is 10.6. The Labute approximate surface area is 108 Å². The number of carboxylic acid groups (broad SMARTS) is 1. The Kier molecular flexibility index (Phi) is 4.33. The minimum Gasteiger partial charge on any atom is -0.480 e. The molecule has 1 fully saturated rings. The van der Waals surface area contributed by atoms with E-state index < -0.39 is 5.97 Å². The van der Waals surface area contributed by atoms with Gasteiger partial charge >= 0.3 is 5.97 Å². The fourth-order valence-corrected chi connectivity index (χ4v) is 2.25. The molecular weight excluding hydrogens is 228 g/mol. The average Bonchev–Trinajstić information content (AvgIpc) is 2.34. The van der Waals surface area contributed by atoms with Crippen LogP contribution in [-0.2, 0) is 11.3 Å². The van der Waals surface area contributed by atoms with E-state index in [0.29, 0.717) is 0 Å². The van der Waals surface area contributed by atoms with Crippen molar-refractivity contribution in [2.45, 2.75) is 13.5 Å². The Morgan fingerprint density at radius 1 is 1.11 bits per heavy atom. The van der Waals surface area contributed by atoms with Gasteiger partial charge in [-0.2, -0.15) is 0 Å². The highest BCUT2D eigenvalue weighted by atomic mass is 16.4. The van der Waals surface area contributed by atoms with Gasteiger partial charge in [-0.1, -0.05) is 29.8 Å². The second kappa shape index (κ2) is 5.98. The van der Waals surface area contributed by atoms with E-state index >= 15 is 0 Å². The van der Waals surface area contributed by atoms with Gasteiger partial charge in [-0.05, 0) is 12.5 Å². The summed E-state index contributed by atoms with van der Waals surface area (Å²) in [7, 11) is 0. The van der Waals surface area contributed by atoms with Gasteiger partial charge in [0, 0.05) is 32.7 Å². The van der Waals surface area contributed by atoms with E-state index in [1.54, 1.807) is 0 Å². The summed E-state index contributed by atoms with van der Waals surface area (Å²) in [5, 5.41) is 8.74. The summed E-state index contributed by atoms with van der Waals surface area (Å²) in [6.45, 7) is 6.80. The van der Waals surface area contributed by atoms with Crippen molar-refractivity contribution >= 4 is 5.97 Å². The number of hydrogen-bond acceptors (Lipinski definition) is 3. The first kappa shape index (κ1) is 13.1.